The van der Waals surface area contributed by atoms with Crippen molar-refractivity contribution < 1.29 is 22.7 Å². The number of benzene rings is 3. The molecular weight excluding hydrogens is 457 g/mol. The van der Waals surface area contributed by atoms with Gasteiger partial charge in [-0.3, -0.25) is 0 Å². The summed E-state index contributed by atoms with van der Waals surface area (Å²) < 4.78 is 43.7. The Bertz CT molecular complexity index is 1130. The number of alkyl halides is 3. The molecule has 0 aromatic heterocycles. The Kier molecular flexibility index (Phi) is 7.42. The summed E-state index contributed by atoms with van der Waals surface area (Å²) in [4.78, 5) is 13.7. The zero-order chi connectivity index (χ0) is 23.3. The van der Waals surface area contributed by atoms with Crippen molar-refractivity contribution in [3.05, 3.63) is 83.4 Å². The van der Waals surface area contributed by atoms with Gasteiger partial charge in [-0.25, -0.2) is 4.79 Å². The predicted molar refractivity (Wildman–Crippen MR) is 124 cm³/mol. The van der Waals surface area contributed by atoms with Gasteiger partial charge in [0.25, 0.3) is 0 Å². The molecule has 2 N–H and O–H groups in total. The second-order valence-corrected chi connectivity index (χ2v) is 8.30. The molecule has 0 aliphatic heterocycles. The number of nitrogens with one attached hydrogen (secondary N) is 2. The van der Waals surface area contributed by atoms with Gasteiger partial charge < -0.3 is 15.4 Å². The van der Waals surface area contributed by atoms with Crippen molar-refractivity contribution >= 4 is 46.4 Å². The normalized spacial score (nSPS) is 11.0. The average molecular weight is 477 g/mol. The third-order valence-electron chi connectivity index (χ3n) is 4.35. The molecular formula is C23H19F3N2O2S2. The number of hydrogen-bond donors (Lipinski definition) is 2. The second-order valence-electron chi connectivity index (χ2n) is 6.78. The molecule has 0 aliphatic rings. The number of thiocarbonyl (C=S) groups is 1. The fourth-order valence-corrected chi connectivity index (χ4v) is 3.86. The van der Waals surface area contributed by atoms with Crippen molar-refractivity contribution in [3.8, 4) is 0 Å². The van der Waals surface area contributed by atoms with Crippen molar-refractivity contribution in [2.24, 2.45) is 0 Å². The first kappa shape index (κ1) is 23.6. The van der Waals surface area contributed by atoms with Gasteiger partial charge in [0, 0.05) is 15.5 Å². The first-order valence-corrected chi connectivity index (χ1v) is 10.6. The molecule has 166 valence electrons. The Morgan fingerprint density at radius 1 is 1.00 bits per heavy atom. The Balaban J connectivity index is 1.84. The van der Waals surface area contributed by atoms with Crippen LogP contribution < -0.4 is 10.6 Å². The molecule has 0 saturated carbocycles. The van der Waals surface area contributed by atoms with Gasteiger partial charge in [0.1, 0.15) is 0 Å². The zero-order valence-corrected chi connectivity index (χ0v) is 18.8. The predicted octanol–water partition coefficient (Wildman–Crippen LogP) is 6.76. The van der Waals surface area contributed by atoms with Gasteiger partial charge in [0.05, 0.1) is 23.9 Å². The van der Waals surface area contributed by atoms with E-state index in [2.05, 4.69) is 10.6 Å². The highest BCUT2D eigenvalue weighted by molar-refractivity contribution is 7.99. The number of carbonyl (C=O) groups excluding carboxylic acids is 1. The fourth-order valence-electron chi connectivity index (χ4n) is 2.75. The maximum absolute atomic E-state index is 13.0. The minimum Gasteiger partial charge on any atom is -0.465 e. The number of halogens is 3. The molecule has 3 rings (SSSR count). The SMILES string of the molecule is COC(=O)c1ccc(Sc2ccc(C)cc2)c(NC(=S)Nc2cccc(C(F)(F)F)c2)c1. The van der Waals surface area contributed by atoms with Crippen LogP contribution in [0, 0.1) is 6.92 Å². The summed E-state index contributed by atoms with van der Waals surface area (Å²) in [6.45, 7) is 1.99. The lowest BCUT2D eigenvalue weighted by atomic mass is 10.2. The van der Waals surface area contributed by atoms with Crippen LogP contribution in [0.1, 0.15) is 21.5 Å². The standard InChI is InChI=1S/C23H19F3N2O2S2/c1-14-6-9-18(10-7-14)32-20-11-8-15(21(29)30-2)12-19(20)28-22(31)27-17-5-3-4-16(13-17)23(24,25)26/h3-13H,1-2H3,(H2,27,28,31). The maximum atomic E-state index is 13.0. The number of hydrogen-bond acceptors (Lipinski definition) is 4. The van der Waals surface area contributed by atoms with Crippen LogP contribution in [0.25, 0.3) is 0 Å². The van der Waals surface area contributed by atoms with Crippen LogP contribution in [0.4, 0.5) is 24.5 Å². The maximum Gasteiger partial charge on any atom is 0.416 e. The van der Waals surface area contributed by atoms with E-state index in [9.17, 15) is 18.0 Å². The van der Waals surface area contributed by atoms with Gasteiger partial charge in [0.2, 0.25) is 0 Å². The molecule has 9 heteroatoms. The molecule has 4 nitrogen and oxygen atoms in total. The summed E-state index contributed by atoms with van der Waals surface area (Å²) >= 11 is 6.76. The van der Waals surface area contributed by atoms with Crippen molar-refractivity contribution in [2.75, 3.05) is 17.7 Å². The molecule has 32 heavy (non-hydrogen) atoms. The van der Waals surface area contributed by atoms with Crippen LogP contribution in [-0.4, -0.2) is 18.2 Å². The van der Waals surface area contributed by atoms with Gasteiger partial charge in [-0.1, -0.05) is 35.5 Å². The van der Waals surface area contributed by atoms with E-state index in [1.807, 2.05) is 31.2 Å². The van der Waals surface area contributed by atoms with Crippen LogP contribution in [0.5, 0.6) is 0 Å². The van der Waals surface area contributed by atoms with Crippen molar-refractivity contribution in [2.45, 2.75) is 22.9 Å². The molecule has 3 aromatic carbocycles. The molecule has 0 spiro atoms. The fraction of sp³-hybridized carbons (Fsp3) is 0.130. The third kappa shape index (κ3) is 6.24. The summed E-state index contributed by atoms with van der Waals surface area (Å²) in [6, 6.07) is 17.6. The summed E-state index contributed by atoms with van der Waals surface area (Å²) in [7, 11) is 1.28. The van der Waals surface area contributed by atoms with Gasteiger partial charge in [0.15, 0.2) is 5.11 Å². The molecule has 0 unspecified atom stereocenters. The number of ether oxygens (including phenoxy) is 1. The Morgan fingerprint density at radius 2 is 1.72 bits per heavy atom. The molecule has 0 radical (unpaired) electrons. The topological polar surface area (TPSA) is 50.4 Å². The van der Waals surface area contributed by atoms with Crippen molar-refractivity contribution in [3.63, 3.8) is 0 Å². The van der Waals surface area contributed by atoms with E-state index < -0.39 is 17.7 Å². The average Bonchev–Trinajstić information content (AvgIpc) is 2.75. The number of rotatable bonds is 5. The monoisotopic (exact) mass is 476 g/mol. The lowest BCUT2D eigenvalue weighted by Crippen LogP contribution is -2.20. The van der Waals surface area contributed by atoms with Crippen LogP contribution in [-0.2, 0) is 10.9 Å². The van der Waals surface area contributed by atoms with Crippen LogP contribution in [0.3, 0.4) is 0 Å². The second kappa shape index (κ2) is 10.1. The molecule has 0 aliphatic carbocycles. The summed E-state index contributed by atoms with van der Waals surface area (Å²) in [5, 5.41) is 5.82. The van der Waals surface area contributed by atoms with Crippen molar-refractivity contribution in [1.29, 1.82) is 0 Å². The van der Waals surface area contributed by atoms with Gasteiger partial charge >= 0.3 is 12.1 Å². The molecule has 0 bridgehead atoms. The van der Waals surface area contributed by atoms with E-state index in [-0.39, 0.29) is 10.8 Å². The first-order valence-electron chi connectivity index (χ1n) is 9.38. The van der Waals surface area contributed by atoms with E-state index in [0.29, 0.717) is 11.3 Å². The molecule has 0 atom stereocenters. The Labute approximate surface area is 193 Å². The number of anilines is 2. The largest absolute Gasteiger partial charge is 0.465 e. The van der Waals surface area contributed by atoms with Gasteiger partial charge in [-0.05, 0) is 67.7 Å². The Hall–Kier alpha value is -3.04. The van der Waals surface area contributed by atoms with E-state index in [0.717, 1.165) is 27.5 Å². The highest BCUT2D eigenvalue weighted by atomic mass is 32.2. The molecule has 0 fully saturated rings. The minimum absolute atomic E-state index is 0.0806. The van der Waals surface area contributed by atoms with Crippen LogP contribution >= 0.6 is 24.0 Å². The molecule has 0 amide bonds. The number of methoxy groups -OCH3 is 1. The van der Waals surface area contributed by atoms with Gasteiger partial charge in [-0.15, -0.1) is 0 Å². The van der Waals surface area contributed by atoms with Crippen LogP contribution in [0.2, 0.25) is 0 Å². The molecule has 3 aromatic rings. The van der Waals surface area contributed by atoms with E-state index in [1.54, 1.807) is 18.2 Å². The highest BCUT2D eigenvalue weighted by Crippen LogP contribution is 2.35. The molecule has 0 saturated heterocycles. The lowest BCUT2D eigenvalue weighted by molar-refractivity contribution is -0.137. The lowest BCUT2D eigenvalue weighted by Gasteiger charge is -2.16. The molecule has 0 heterocycles. The summed E-state index contributed by atoms with van der Waals surface area (Å²) in [5.41, 5.74) is 1.36. The number of aryl methyl sites for hydroxylation is 1. The van der Waals surface area contributed by atoms with E-state index in [1.165, 1.54) is 31.0 Å². The van der Waals surface area contributed by atoms with E-state index in [4.69, 9.17) is 17.0 Å². The summed E-state index contributed by atoms with van der Waals surface area (Å²) in [6.07, 6.45) is -4.46. The first-order chi connectivity index (χ1) is 15.2. The quantitative estimate of drug-likeness (QED) is 0.313. The zero-order valence-electron chi connectivity index (χ0n) is 17.1. The third-order valence-corrected chi connectivity index (χ3v) is 5.63. The van der Waals surface area contributed by atoms with Crippen LogP contribution in [0.15, 0.2) is 76.5 Å². The highest BCUT2D eigenvalue weighted by Gasteiger charge is 2.30. The Morgan fingerprint density at radius 3 is 2.38 bits per heavy atom. The summed E-state index contributed by atoms with van der Waals surface area (Å²) in [5.74, 6) is -0.517. The van der Waals surface area contributed by atoms with E-state index >= 15 is 0 Å². The minimum atomic E-state index is -4.46. The number of esters is 1. The van der Waals surface area contributed by atoms with Gasteiger partial charge in [-0.2, -0.15) is 13.2 Å². The smallest absolute Gasteiger partial charge is 0.416 e. The number of carbonyl (C=O) groups is 1. The van der Waals surface area contributed by atoms with Crippen molar-refractivity contribution in [1.82, 2.24) is 0 Å².